The van der Waals surface area contributed by atoms with Gasteiger partial charge >= 0.3 is 0 Å². The molecule has 1 N–H and O–H groups in total. The third-order valence-electron chi connectivity index (χ3n) is 2.89. The summed E-state index contributed by atoms with van der Waals surface area (Å²) in [4.78, 5) is 12.1. The number of anilines is 1. The van der Waals surface area contributed by atoms with Crippen LogP contribution in [-0.4, -0.2) is 46.1 Å². The van der Waals surface area contributed by atoms with E-state index in [0.717, 1.165) is 0 Å². The fraction of sp³-hybridized carbons (Fsp3) is 0.385. The number of benzene rings is 1. The fourth-order valence-electron chi connectivity index (χ4n) is 1.75. The molecule has 0 radical (unpaired) electrons. The van der Waals surface area contributed by atoms with Gasteiger partial charge in [-0.1, -0.05) is 23.4 Å². The van der Waals surface area contributed by atoms with Gasteiger partial charge in [-0.2, -0.15) is 0 Å². The zero-order valence-electron chi connectivity index (χ0n) is 12.9. The molecular weight excluding hydrogens is 342 g/mol. The van der Waals surface area contributed by atoms with Crippen molar-refractivity contribution in [3.8, 4) is 11.5 Å². The van der Waals surface area contributed by atoms with Crippen molar-refractivity contribution in [2.45, 2.75) is 11.6 Å². The number of carbonyl (C=O) groups is 1. The lowest BCUT2D eigenvalue weighted by Crippen LogP contribution is -2.13. The first-order valence-corrected chi connectivity index (χ1v) is 7.98. The number of amides is 1. The Balaban J connectivity index is 1.95. The quantitative estimate of drug-likeness (QED) is 0.758. The molecule has 2 aromatic rings. The Kier molecular flexibility index (Phi) is 6.05. The van der Waals surface area contributed by atoms with Gasteiger partial charge in [-0.05, 0) is 10.4 Å². The summed E-state index contributed by atoms with van der Waals surface area (Å²) in [5, 5.41) is 14.9. The smallest absolute Gasteiger partial charge is 0.225 e. The van der Waals surface area contributed by atoms with Crippen LogP contribution in [0.1, 0.15) is 6.42 Å². The van der Waals surface area contributed by atoms with Gasteiger partial charge in [0.2, 0.25) is 11.1 Å². The highest BCUT2D eigenvalue weighted by Gasteiger charge is 2.13. The molecule has 0 unspecified atom stereocenters. The molecule has 8 nitrogen and oxygen atoms in total. The number of hydrogen-bond donors (Lipinski definition) is 1. The fourth-order valence-corrected chi connectivity index (χ4v) is 2.77. The van der Waals surface area contributed by atoms with E-state index in [1.54, 1.807) is 23.9 Å². The summed E-state index contributed by atoms with van der Waals surface area (Å²) in [5.74, 6) is 1.32. The average molecular weight is 358 g/mol. The minimum atomic E-state index is -0.157. The van der Waals surface area contributed by atoms with Crippen LogP contribution in [0.25, 0.3) is 0 Å². The number of carbonyl (C=O) groups excluding carboxylic acids is 1. The molecule has 124 valence electrons. The van der Waals surface area contributed by atoms with Crippen molar-refractivity contribution in [2.75, 3.05) is 25.3 Å². The topological polar surface area (TPSA) is 91.2 Å². The third kappa shape index (κ3) is 4.49. The van der Waals surface area contributed by atoms with Gasteiger partial charge in [0.1, 0.15) is 11.5 Å². The first-order chi connectivity index (χ1) is 11.0. The molecule has 1 aromatic heterocycles. The number of tetrazole rings is 1. The summed E-state index contributed by atoms with van der Waals surface area (Å²) in [6.07, 6.45) is 0.297. The van der Waals surface area contributed by atoms with Gasteiger partial charge in [-0.3, -0.25) is 4.79 Å². The third-order valence-corrected chi connectivity index (χ3v) is 4.20. The van der Waals surface area contributed by atoms with E-state index in [9.17, 15) is 4.79 Å². The monoisotopic (exact) mass is 357 g/mol. The van der Waals surface area contributed by atoms with Gasteiger partial charge in [0.25, 0.3) is 0 Å². The molecule has 0 atom stereocenters. The van der Waals surface area contributed by atoms with Crippen LogP contribution in [0, 0.1) is 0 Å². The molecule has 0 saturated heterocycles. The number of nitrogens with one attached hydrogen (secondary N) is 1. The number of aromatic nitrogens is 4. The van der Waals surface area contributed by atoms with E-state index in [1.807, 2.05) is 0 Å². The van der Waals surface area contributed by atoms with Crippen LogP contribution < -0.4 is 14.8 Å². The summed E-state index contributed by atoms with van der Waals surface area (Å²) in [7, 11) is 4.75. The van der Waals surface area contributed by atoms with E-state index in [4.69, 9.17) is 21.1 Å². The first kappa shape index (κ1) is 17.4. The van der Waals surface area contributed by atoms with E-state index in [1.165, 1.54) is 26.0 Å². The van der Waals surface area contributed by atoms with Crippen molar-refractivity contribution in [3.05, 3.63) is 17.2 Å². The SMILES string of the molecule is COc1cc(NC(=O)CCSc2nnnn2C)c(OC)cc1Cl. The second kappa shape index (κ2) is 8.02. The number of rotatable bonds is 7. The molecule has 1 aromatic carbocycles. The number of halogens is 1. The largest absolute Gasteiger partial charge is 0.495 e. The molecule has 0 aliphatic rings. The van der Waals surface area contributed by atoms with E-state index in [2.05, 4.69) is 20.8 Å². The normalized spacial score (nSPS) is 10.4. The van der Waals surface area contributed by atoms with Gasteiger partial charge < -0.3 is 14.8 Å². The Morgan fingerprint density at radius 1 is 1.35 bits per heavy atom. The van der Waals surface area contributed by atoms with Gasteiger partial charge in [-0.15, -0.1) is 5.10 Å². The minimum Gasteiger partial charge on any atom is -0.495 e. The average Bonchev–Trinajstić information content (AvgIpc) is 2.94. The van der Waals surface area contributed by atoms with E-state index < -0.39 is 0 Å². The van der Waals surface area contributed by atoms with Crippen LogP contribution >= 0.6 is 23.4 Å². The number of methoxy groups -OCH3 is 2. The molecule has 1 amide bonds. The zero-order valence-corrected chi connectivity index (χ0v) is 14.4. The van der Waals surface area contributed by atoms with E-state index in [-0.39, 0.29) is 5.91 Å². The Labute approximate surface area is 142 Å². The number of aryl methyl sites for hydroxylation is 1. The molecule has 23 heavy (non-hydrogen) atoms. The summed E-state index contributed by atoms with van der Waals surface area (Å²) in [6, 6.07) is 3.22. The first-order valence-electron chi connectivity index (χ1n) is 6.61. The Bertz CT molecular complexity index is 694. The maximum Gasteiger partial charge on any atom is 0.225 e. The maximum atomic E-state index is 12.1. The zero-order chi connectivity index (χ0) is 16.8. The van der Waals surface area contributed by atoms with E-state index in [0.29, 0.717) is 39.5 Å². The highest BCUT2D eigenvalue weighted by Crippen LogP contribution is 2.35. The molecule has 10 heteroatoms. The highest BCUT2D eigenvalue weighted by atomic mass is 35.5. The summed E-state index contributed by atoms with van der Waals surface area (Å²) >= 11 is 7.43. The summed E-state index contributed by atoms with van der Waals surface area (Å²) in [5.41, 5.74) is 0.504. The highest BCUT2D eigenvalue weighted by molar-refractivity contribution is 7.99. The van der Waals surface area contributed by atoms with Crippen LogP contribution in [0.2, 0.25) is 5.02 Å². The van der Waals surface area contributed by atoms with Crippen LogP contribution in [0.15, 0.2) is 17.3 Å². The van der Waals surface area contributed by atoms with Crippen molar-refractivity contribution in [2.24, 2.45) is 7.05 Å². The van der Waals surface area contributed by atoms with Crippen LogP contribution in [-0.2, 0) is 11.8 Å². The molecule has 0 bridgehead atoms. The lowest BCUT2D eigenvalue weighted by atomic mass is 10.2. The molecule has 0 fully saturated rings. The molecular formula is C13H16ClN5O3S. The summed E-state index contributed by atoms with van der Waals surface area (Å²) < 4.78 is 11.9. The second-order valence-electron chi connectivity index (χ2n) is 4.42. The van der Waals surface area contributed by atoms with Crippen molar-refractivity contribution in [1.82, 2.24) is 20.2 Å². The summed E-state index contributed by atoms with van der Waals surface area (Å²) in [6.45, 7) is 0. The van der Waals surface area contributed by atoms with Gasteiger partial charge in [0.05, 0.1) is 24.9 Å². The molecule has 2 rings (SSSR count). The Morgan fingerprint density at radius 3 is 2.70 bits per heavy atom. The number of hydrogen-bond acceptors (Lipinski definition) is 7. The Hall–Kier alpha value is -2.00. The standard InChI is InChI=1S/C13H16ClN5O3S/c1-19-13(16-17-18-19)23-5-4-12(20)15-9-7-10(21-2)8(14)6-11(9)22-3/h6-7H,4-5H2,1-3H3,(H,15,20). The molecule has 1 heterocycles. The van der Waals surface area contributed by atoms with Gasteiger partial charge in [0.15, 0.2) is 0 Å². The molecule has 0 aliphatic carbocycles. The van der Waals surface area contributed by atoms with Crippen LogP contribution in [0.4, 0.5) is 5.69 Å². The number of nitrogens with zero attached hydrogens (tertiary/aromatic N) is 4. The maximum absolute atomic E-state index is 12.1. The predicted molar refractivity (Wildman–Crippen MR) is 87.3 cm³/mol. The van der Waals surface area contributed by atoms with Crippen molar-refractivity contribution in [1.29, 1.82) is 0 Å². The van der Waals surface area contributed by atoms with Crippen molar-refractivity contribution >= 4 is 35.0 Å². The second-order valence-corrected chi connectivity index (χ2v) is 5.89. The number of thioether (sulfide) groups is 1. The van der Waals surface area contributed by atoms with Gasteiger partial charge in [0, 0.05) is 31.4 Å². The Morgan fingerprint density at radius 2 is 2.09 bits per heavy atom. The number of ether oxygens (including phenoxy) is 2. The van der Waals surface area contributed by atoms with Crippen molar-refractivity contribution in [3.63, 3.8) is 0 Å². The van der Waals surface area contributed by atoms with E-state index >= 15 is 0 Å². The van der Waals surface area contributed by atoms with Crippen molar-refractivity contribution < 1.29 is 14.3 Å². The van der Waals surface area contributed by atoms with Crippen LogP contribution in [0.5, 0.6) is 11.5 Å². The van der Waals surface area contributed by atoms with Gasteiger partial charge in [-0.25, -0.2) is 4.68 Å². The molecule has 0 spiro atoms. The molecule has 0 aliphatic heterocycles. The minimum absolute atomic E-state index is 0.157. The lowest BCUT2D eigenvalue weighted by molar-refractivity contribution is -0.115. The molecule has 0 saturated carbocycles. The lowest BCUT2D eigenvalue weighted by Gasteiger charge is -2.13. The van der Waals surface area contributed by atoms with Crippen LogP contribution in [0.3, 0.4) is 0 Å². The predicted octanol–water partition coefficient (Wildman–Crippen LogP) is 2.00.